The van der Waals surface area contributed by atoms with Crippen LogP contribution in [0.2, 0.25) is 0 Å². The van der Waals surface area contributed by atoms with Gasteiger partial charge in [0.05, 0.1) is 0 Å². The van der Waals surface area contributed by atoms with Crippen molar-refractivity contribution in [3.63, 3.8) is 0 Å². The molecule has 1 rings (SSSR count). The fourth-order valence-electron chi connectivity index (χ4n) is 2.69. The van der Waals surface area contributed by atoms with Gasteiger partial charge in [0.2, 0.25) is 5.91 Å². The van der Waals surface area contributed by atoms with Crippen LogP contribution in [0.3, 0.4) is 0 Å². The van der Waals surface area contributed by atoms with Gasteiger partial charge in [-0.25, -0.2) is 4.79 Å². The lowest BCUT2D eigenvalue weighted by Gasteiger charge is -2.28. The molecule has 1 heterocycles. The molecule has 5 heteroatoms. The second kappa shape index (κ2) is 8.39. The molecule has 0 aromatic carbocycles. The first-order valence-corrected chi connectivity index (χ1v) is 8.54. The number of carbonyl (C=O) groups excluding carboxylic acids is 2. The van der Waals surface area contributed by atoms with Crippen LogP contribution in [0.1, 0.15) is 73.1 Å². The number of carbonyl (C=O) groups is 2. The molecule has 2 atom stereocenters. The van der Waals surface area contributed by atoms with Crippen LogP contribution in [0.15, 0.2) is 0 Å². The molecule has 2 amide bonds. The van der Waals surface area contributed by atoms with Crippen LogP contribution >= 0.6 is 0 Å². The Morgan fingerprint density at radius 2 is 2.00 bits per heavy atom. The number of nitrogens with zero attached hydrogens (tertiary/aromatic N) is 1. The van der Waals surface area contributed by atoms with Gasteiger partial charge >= 0.3 is 6.09 Å². The largest absolute Gasteiger partial charge is 0.444 e. The van der Waals surface area contributed by atoms with Gasteiger partial charge in [-0.1, -0.05) is 26.2 Å². The minimum Gasteiger partial charge on any atom is -0.444 e. The van der Waals surface area contributed by atoms with Crippen molar-refractivity contribution >= 4 is 12.0 Å². The third-order valence-corrected chi connectivity index (χ3v) is 3.81. The molecule has 1 N–H and O–H groups in total. The molecule has 0 radical (unpaired) electrons. The smallest absolute Gasteiger partial charge is 0.410 e. The SMILES string of the molecule is CCCCCC(C)NC(=O)C1CCCN1C(=O)OC(C)(C)C. The number of rotatable bonds is 6. The standard InChI is InChI=1S/C17H32N2O3/c1-6-7-8-10-13(2)18-15(20)14-11-9-12-19(14)16(21)22-17(3,4)5/h13-14H,6-12H2,1-5H3,(H,18,20). The Morgan fingerprint density at radius 3 is 2.59 bits per heavy atom. The summed E-state index contributed by atoms with van der Waals surface area (Å²) in [6.07, 6.45) is 5.65. The maximum Gasteiger partial charge on any atom is 0.410 e. The quantitative estimate of drug-likeness (QED) is 0.764. The van der Waals surface area contributed by atoms with Crippen LogP contribution in [0, 0.1) is 0 Å². The van der Waals surface area contributed by atoms with Gasteiger partial charge in [0, 0.05) is 12.6 Å². The van der Waals surface area contributed by atoms with Crippen molar-refractivity contribution in [2.75, 3.05) is 6.54 Å². The lowest BCUT2D eigenvalue weighted by Crippen LogP contribution is -2.49. The first-order chi connectivity index (χ1) is 10.2. The van der Waals surface area contributed by atoms with E-state index in [-0.39, 0.29) is 24.1 Å². The van der Waals surface area contributed by atoms with Gasteiger partial charge in [-0.15, -0.1) is 0 Å². The number of ether oxygens (including phenoxy) is 1. The monoisotopic (exact) mass is 312 g/mol. The molecule has 5 nitrogen and oxygen atoms in total. The molecule has 1 fully saturated rings. The van der Waals surface area contributed by atoms with E-state index in [0.717, 1.165) is 19.3 Å². The van der Waals surface area contributed by atoms with Gasteiger partial charge in [-0.3, -0.25) is 9.69 Å². The molecule has 1 aliphatic rings. The number of hydrogen-bond donors (Lipinski definition) is 1. The highest BCUT2D eigenvalue weighted by molar-refractivity contribution is 5.86. The van der Waals surface area contributed by atoms with Gasteiger partial charge in [-0.2, -0.15) is 0 Å². The van der Waals surface area contributed by atoms with E-state index in [1.807, 2.05) is 27.7 Å². The minimum atomic E-state index is -0.534. The summed E-state index contributed by atoms with van der Waals surface area (Å²) in [6, 6.07) is -0.233. The Morgan fingerprint density at radius 1 is 1.32 bits per heavy atom. The Balaban J connectivity index is 2.51. The molecule has 0 aliphatic carbocycles. The molecule has 0 aromatic rings. The Bertz CT molecular complexity index is 377. The molecule has 1 aliphatic heterocycles. The van der Waals surface area contributed by atoms with Crippen molar-refractivity contribution in [3.05, 3.63) is 0 Å². The zero-order valence-electron chi connectivity index (χ0n) is 14.8. The summed E-state index contributed by atoms with van der Waals surface area (Å²) in [4.78, 5) is 26.2. The minimum absolute atomic E-state index is 0.0487. The van der Waals surface area contributed by atoms with Crippen molar-refractivity contribution in [2.24, 2.45) is 0 Å². The fourth-order valence-corrected chi connectivity index (χ4v) is 2.69. The number of unbranched alkanes of at least 4 members (excludes halogenated alkanes) is 2. The van der Waals surface area contributed by atoms with E-state index >= 15 is 0 Å². The van der Waals surface area contributed by atoms with E-state index in [1.54, 1.807) is 4.90 Å². The third-order valence-electron chi connectivity index (χ3n) is 3.81. The Labute approximate surface area is 134 Å². The van der Waals surface area contributed by atoms with Crippen LogP contribution in [-0.2, 0) is 9.53 Å². The molecule has 0 bridgehead atoms. The zero-order chi connectivity index (χ0) is 16.8. The molecular weight excluding hydrogens is 280 g/mol. The Hall–Kier alpha value is -1.26. The first kappa shape index (κ1) is 18.8. The van der Waals surface area contributed by atoms with Crippen LogP contribution in [0.25, 0.3) is 0 Å². The highest BCUT2D eigenvalue weighted by Crippen LogP contribution is 2.21. The second-order valence-corrected chi connectivity index (χ2v) is 7.24. The lowest BCUT2D eigenvalue weighted by molar-refractivity contribution is -0.126. The highest BCUT2D eigenvalue weighted by atomic mass is 16.6. The first-order valence-electron chi connectivity index (χ1n) is 8.54. The topological polar surface area (TPSA) is 58.6 Å². The normalized spacial score (nSPS) is 19.9. The van der Waals surface area contributed by atoms with Crippen molar-refractivity contribution in [3.8, 4) is 0 Å². The van der Waals surface area contributed by atoms with Gasteiger partial charge in [0.1, 0.15) is 11.6 Å². The van der Waals surface area contributed by atoms with Crippen molar-refractivity contribution < 1.29 is 14.3 Å². The summed E-state index contributed by atoms with van der Waals surface area (Å²) in [5, 5.41) is 3.04. The molecule has 128 valence electrons. The molecule has 1 saturated heterocycles. The summed E-state index contributed by atoms with van der Waals surface area (Å²) in [6.45, 7) is 10.3. The summed E-state index contributed by atoms with van der Waals surface area (Å²) >= 11 is 0. The molecule has 22 heavy (non-hydrogen) atoms. The highest BCUT2D eigenvalue weighted by Gasteiger charge is 2.36. The summed E-state index contributed by atoms with van der Waals surface area (Å²) in [5.41, 5.74) is -0.534. The number of hydrogen-bond acceptors (Lipinski definition) is 3. The number of nitrogens with one attached hydrogen (secondary N) is 1. The summed E-state index contributed by atoms with van der Waals surface area (Å²) in [7, 11) is 0. The third kappa shape index (κ3) is 6.24. The predicted molar refractivity (Wildman–Crippen MR) is 87.7 cm³/mol. The van der Waals surface area contributed by atoms with Crippen LogP contribution in [-0.4, -0.2) is 41.1 Å². The molecular formula is C17H32N2O3. The van der Waals surface area contributed by atoms with E-state index in [2.05, 4.69) is 12.2 Å². The van der Waals surface area contributed by atoms with E-state index in [0.29, 0.717) is 13.0 Å². The van der Waals surface area contributed by atoms with Crippen LogP contribution < -0.4 is 5.32 Å². The van der Waals surface area contributed by atoms with Crippen molar-refractivity contribution in [1.29, 1.82) is 0 Å². The van der Waals surface area contributed by atoms with E-state index in [9.17, 15) is 9.59 Å². The van der Waals surface area contributed by atoms with E-state index in [4.69, 9.17) is 4.74 Å². The molecule has 0 aromatic heterocycles. The average Bonchev–Trinajstić information content (AvgIpc) is 2.86. The number of amides is 2. The summed E-state index contributed by atoms with van der Waals surface area (Å²) < 4.78 is 5.39. The summed E-state index contributed by atoms with van der Waals surface area (Å²) in [5.74, 6) is -0.0487. The van der Waals surface area contributed by atoms with E-state index in [1.165, 1.54) is 12.8 Å². The van der Waals surface area contributed by atoms with Crippen LogP contribution in [0.4, 0.5) is 4.79 Å². The van der Waals surface area contributed by atoms with Gasteiger partial charge in [-0.05, 0) is 47.0 Å². The zero-order valence-corrected chi connectivity index (χ0v) is 14.8. The molecule has 2 unspecified atom stereocenters. The average molecular weight is 312 g/mol. The maximum absolute atomic E-state index is 12.4. The molecule has 0 spiro atoms. The van der Waals surface area contributed by atoms with Gasteiger partial charge in [0.25, 0.3) is 0 Å². The van der Waals surface area contributed by atoms with Gasteiger partial charge in [0.15, 0.2) is 0 Å². The van der Waals surface area contributed by atoms with Crippen LogP contribution in [0.5, 0.6) is 0 Å². The van der Waals surface area contributed by atoms with Gasteiger partial charge < -0.3 is 10.1 Å². The lowest BCUT2D eigenvalue weighted by atomic mass is 10.1. The molecule has 0 saturated carbocycles. The number of likely N-dealkylation sites (tertiary alicyclic amines) is 1. The predicted octanol–water partition coefficient (Wildman–Crippen LogP) is 3.47. The van der Waals surface area contributed by atoms with Crippen molar-refractivity contribution in [1.82, 2.24) is 10.2 Å². The fraction of sp³-hybridized carbons (Fsp3) is 0.882. The Kier molecular flexibility index (Phi) is 7.17. The second-order valence-electron chi connectivity index (χ2n) is 7.24. The maximum atomic E-state index is 12.4. The van der Waals surface area contributed by atoms with Crippen molar-refractivity contribution in [2.45, 2.75) is 90.8 Å². The van der Waals surface area contributed by atoms with E-state index < -0.39 is 5.60 Å².